The van der Waals surface area contributed by atoms with Crippen LogP contribution in [0.15, 0.2) is 59.1 Å². The summed E-state index contributed by atoms with van der Waals surface area (Å²) < 4.78 is 58.0. The van der Waals surface area contributed by atoms with Crippen molar-refractivity contribution in [3.63, 3.8) is 0 Å². The van der Waals surface area contributed by atoms with Crippen LogP contribution in [0.4, 0.5) is 0 Å². The Kier molecular flexibility index (Phi) is 4.22. The number of furan rings is 1. The van der Waals surface area contributed by atoms with E-state index >= 15 is 0 Å². The van der Waals surface area contributed by atoms with Crippen LogP contribution >= 0.6 is 0 Å². The Morgan fingerprint density at radius 1 is 1.00 bits per heavy atom. The summed E-state index contributed by atoms with van der Waals surface area (Å²) >= 11 is 0. The zero-order valence-electron chi connectivity index (χ0n) is 27.6. The number of hydrogen-bond acceptors (Lipinski definition) is 2. The van der Waals surface area contributed by atoms with Gasteiger partial charge in [-0.25, -0.2) is 0 Å². The first kappa shape index (κ1) is 17.3. The van der Waals surface area contributed by atoms with Crippen LogP contribution in [0.2, 0.25) is 0 Å². The van der Waals surface area contributed by atoms with E-state index in [2.05, 4.69) is 36.2 Å². The molecule has 2 heterocycles. The number of hydrogen-bond donors (Lipinski definition) is 0. The van der Waals surface area contributed by atoms with Gasteiger partial charge in [0.2, 0.25) is 0 Å². The third-order valence-electron chi connectivity index (χ3n) is 7.33. The minimum atomic E-state index is -2.51. The number of rotatable bonds is 3. The maximum atomic E-state index is 9.21. The van der Waals surface area contributed by atoms with E-state index in [1.54, 1.807) is 26.8 Å². The lowest BCUT2D eigenvalue weighted by atomic mass is 9.83. The minimum Gasteiger partial charge on any atom is -0.455 e. The van der Waals surface area contributed by atoms with Gasteiger partial charge in [-0.1, -0.05) is 70.4 Å². The van der Waals surface area contributed by atoms with Crippen molar-refractivity contribution in [3.8, 4) is 11.3 Å². The molecule has 0 atom stereocenters. The molecule has 0 aliphatic heterocycles. The Balaban J connectivity index is 1.60. The van der Waals surface area contributed by atoms with Gasteiger partial charge < -0.3 is 4.42 Å². The van der Waals surface area contributed by atoms with Crippen LogP contribution in [0.5, 0.6) is 0 Å². The highest BCUT2D eigenvalue weighted by Crippen LogP contribution is 2.42. The molecule has 2 nitrogen and oxygen atoms in total. The van der Waals surface area contributed by atoms with Crippen LogP contribution < -0.4 is 0 Å². The maximum absolute atomic E-state index is 9.21. The molecule has 5 aromatic rings. The van der Waals surface area contributed by atoms with Gasteiger partial charge >= 0.3 is 0 Å². The second-order valence-electron chi connectivity index (χ2n) is 11.3. The normalized spacial score (nSPS) is 19.4. The first-order chi connectivity index (χ1) is 19.6. The molecule has 2 aromatic heterocycles. The lowest BCUT2D eigenvalue weighted by Gasteiger charge is -2.22. The molecule has 36 heavy (non-hydrogen) atoms. The molecule has 2 heteroatoms. The number of benzene rings is 3. The molecule has 6 rings (SSSR count). The molecule has 0 N–H and O–H groups in total. The van der Waals surface area contributed by atoms with E-state index in [0.29, 0.717) is 16.8 Å². The van der Waals surface area contributed by atoms with Crippen molar-refractivity contribution >= 4 is 32.7 Å². The van der Waals surface area contributed by atoms with Gasteiger partial charge in [0.05, 0.1) is 5.69 Å². The quantitative estimate of drug-likeness (QED) is 0.256. The number of aromatic nitrogens is 1. The Morgan fingerprint density at radius 3 is 2.61 bits per heavy atom. The zero-order valence-corrected chi connectivity index (χ0v) is 21.6. The predicted octanol–water partition coefficient (Wildman–Crippen LogP) is 10.1. The first-order valence-electron chi connectivity index (χ1n) is 16.0. The Morgan fingerprint density at radius 2 is 1.83 bits per heavy atom. The average Bonchev–Trinajstić information content (AvgIpc) is 3.33. The zero-order chi connectivity index (χ0) is 30.2. The summed E-state index contributed by atoms with van der Waals surface area (Å²) in [6.45, 7) is 4.88. The van der Waals surface area contributed by atoms with Gasteiger partial charge in [0, 0.05) is 36.1 Å². The fourth-order valence-electron chi connectivity index (χ4n) is 5.68. The number of para-hydroxylation sites is 1. The van der Waals surface area contributed by atoms with Gasteiger partial charge in [0.15, 0.2) is 0 Å². The molecule has 0 saturated heterocycles. The van der Waals surface area contributed by atoms with Crippen LogP contribution in [-0.4, -0.2) is 4.98 Å². The highest BCUT2D eigenvalue weighted by molar-refractivity contribution is 6.18. The number of nitrogens with zero attached hydrogens (tertiary/aromatic N) is 1. The molecule has 1 saturated carbocycles. The third kappa shape index (κ3) is 4.11. The van der Waals surface area contributed by atoms with Gasteiger partial charge in [0.1, 0.15) is 11.2 Å². The maximum Gasteiger partial charge on any atom is 0.144 e. The summed E-state index contributed by atoms with van der Waals surface area (Å²) in [7, 11) is 0. The van der Waals surface area contributed by atoms with Gasteiger partial charge in [-0.15, -0.1) is 0 Å². The largest absolute Gasteiger partial charge is 0.455 e. The average molecular weight is 482 g/mol. The van der Waals surface area contributed by atoms with E-state index in [1.807, 2.05) is 18.2 Å². The standard InChI is InChI=1S/C34H37NO/c1-21-16-25-15-14-24(23-10-7-6-8-11-23)17-29(25)33-31(21)28-13-9-12-27(32(28)36-33)30-18-26(19-34(3,4)5)22(2)20-35-30/h9,12-18,20,23H,6-8,10-11,19H2,1-5H3/i2D3,19D2,23D. The highest BCUT2D eigenvalue weighted by atomic mass is 16.3. The van der Waals surface area contributed by atoms with Gasteiger partial charge in [-0.2, -0.15) is 0 Å². The van der Waals surface area contributed by atoms with E-state index < -0.39 is 24.5 Å². The number of fused-ring (bicyclic) bond motifs is 5. The molecule has 0 amide bonds. The summed E-state index contributed by atoms with van der Waals surface area (Å²) in [6, 6.07) is 15.9. The lowest BCUT2D eigenvalue weighted by molar-refractivity contribution is 0.410. The fraction of sp³-hybridized carbons (Fsp3) is 0.382. The second-order valence-corrected chi connectivity index (χ2v) is 11.3. The minimum absolute atomic E-state index is 0.0793. The summed E-state index contributed by atoms with van der Waals surface area (Å²) in [6.07, 6.45) is 4.42. The van der Waals surface area contributed by atoms with Crippen LogP contribution in [0, 0.1) is 19.2 Å². The Bertz CT molecular complexity index is 1840. The van der Waals surface area contributed by atoms with Crippen molar-refractivity contribution in [3.05, 3.63) is 77.0 Å². The number of pyridine rings is 1. The first-order valence-corrected chi connectivity index (χ1v) is 13.0. The summed E-state index contributed by atoms with van der Waals surface area (Å²) in [5, 5.41) is 3.96. The molecule has 0 spiro atoms. The van der Waals surface area contributed by atoms with Gasteiger partial charge in [-0.3, -0.25) is 4.98 Å². The van der Waals surface area contributed by atoms with Crippen molar-refractivity contribution in [2.45, 2.75) is 78.9 Å². The molecule has 0 bridgehead atoms. The van der Waals surface area contributed by atoms with Crippen LogP contribution in [0.3, 0.4) is 0 Å². The molecule has 1 aliphatic rings. The van der Waals surface area contributed by atoms with E-state index in [9.17, 15) is 1.37 Å². The Labute approximate surface area is 223 Å². The van der Waals surface area contributed by atoms with Crippen molar-refractivity contribution < 1.29 is 12.6 Å². The lowest BCUT2D eigenvalue weighted by Crippen LogP contribution is -2.10. The molecule has 0 radical (unpaired) electrons. The SMILES string of the molecule is [2H]C([2H])([2H])c1cnc(-c2cccc3c2oc2c4cc(C5([2H])CCCCC5)ccc4cc(C)c32)cc1C([2H])([2H])C(C)(C)C. The highest BCUT2D eigenvalue weighted by Gasteiger charge is 2.21. The van der Waals surface area contributed by atoms with Crippen molar-refractivity contribution in [2.75, 3.05) is 0 Å². The smallest absolute Gasteiger partial charge is 0.144 e. The van der Waals surface area contributed by atoms with Crippen molar-refractivity contribution in [2.24, 2.45) is 5.41 Å². The summed E-state index contributed by atoms with van der Waals surface area (Å²) in [5.74, 6) is -0.586. The van der Waals surface area contributed by atoms with E-state index in [1.165, 1.54) is 12.6 Å². The monoisotopic (exact) mass is 481 g/mol. The molecular formula is C34H37NO. The molecule has 184 valence electrons. The topological polar surface area (TPSA) is 26.0 Å². The Hall–Kier alpha value is -3.13. The van der Waals surface area contributed by atoms with Crippen LogP contribution in [0.25, 0.3) is 44.0 Å². The fourth-order valence-corrected chi connectivity index (χ4v) is 5.68. The van der Waals surface area contributed by atoms with Crippen molar-refractivity contribution in [1.82, 2.24) is 4.98 Å². The second kappa shape index (κ2) is 8.76. The van der Waals surface area contributed by atoms with Gasteiger partial charge in [-0.05, 0) is 90.1 Å². The third-order valence-corrected chi connectivity index (χ3v) is 7.33. The van der Waals surface area contributed by atoms with E-state index in [0.717, 1.165) is 63.9 Å². The van der Waals surface area contributed by atoms with Crippen molar-refractivity contribution in [1.29, 1.82) is 0 Å². The van der Waals surface area contributed by atoms with E-state index in [-0.39, 0.29) is 11.1 Å². The summed E-state index contributed by atoms with van der Waals surface area (Å²) in [5.41, 5.74) is 3.83. The molecule has 1 aliphatic carbocycles. The molecule has 1 fully saturated rings. The van der Waals surface area contributed by atoms with Gasteiger partial charge in [0.25, 0.3) is 0 Å². The molecule has 0 unspecified atom stereocenters. The van der Waals surface area contributed by atoms with Crippen LogP contribution in [0.1, 0.15) is 89.2 Å². The summed E-state index contributed by atoms with van der Waals surface area (Å²) in [4.78, 5) is 4.55. The predicted molar refractivity (Wildman–Crippen MR) is 153 cm³/mol. The van der Waals surface area contributed by atoms with Crippen LogP contribution in [-0.2, 0) is 6.37 Å². The van der Waals surface area contributed by atoms with E-state index in [4.69, 9.17) is 11.3 Å². The molecule has 3 aromatic carbocycles. The molecular weight excluding hydrogens is 438 g/mol. The number of aryl methyl sites for hydroxylation is 2.